The van der Waals surface area contributed by atoms with Crippen LogP contribution in [0.2, 0.25) is 0 Å². The van der Waals surface area contributed by atoms with Crippen molar-refractivity contribution in [2.75, 3.05) is 4.72 Å². The van der Waals surface area contributed by atoms with Crippen LogP contribution in [0.3, 0.4) is 0 Å². The predicted octanol–water partition coefficient (Wildman–Crippen LogP) is 3.21. The van der Waals surface area contributed by atoms with Gasteiger partial charge in [-0.3, -0.25) is 9.71 Å². The van der Waals surface area contributed by atoms with Crippen molar-refractivity contribution in [2.45, 2.75) is 18.0 Å². The van der Waals surface area contributed by atoms with Gasteiger partial charge in [0.1, 0.15) is 0 Å². The van der Waals surface area contributed by atoms with Gasteiger partial charge in [-0.1, -0.05) is 6.07 Å². The molecule has 0 unspecified atom stereocenters. The van der Waals surface area contributed by atoms with Crippen LogP contribution in [0.5, 0.6) is 0 Å². The second-order valence-electron chi connectivity index (χ2n) is 4.33. The van der Waals surface area contributed by atoms with Crippen molar-refractivity contribution in [3.05, 3.63) is 53.9 Å². The van der Waals surface area contributed by atoms with E-state index >= 15 is 0 Å². The number of halogens is 3. The van der Waals surface area contributed by atoms with E-state index in [2.05, 4.69) is 9.71 Å². The first-order valence-corrected chi connectivity index (χ1v) is 7.29. The number of nitrogens with one attached hydrogen (secondary N) is 1. The lowest BCUT2D eigenvalue weighted by atomic mass is 10.1. The van der Waals surface area contributed by atoms with E-state index in [1.807, 2.05) is 0 Å². The molecule has 0 aliphatic rings. The van der Waals surface area contributed by atoms with Crippen LogP contribution in [0.1, 0.15) is 11.1 Å². The molecule has 0 bridgehead atoms. The summed E-state index contributed by atoms with van der Waals surface area (Å²) < 4.78 is 64.7. The van der Waals surface area contributed by atoms with Crippen LogP contribution in [0.15, 0.2) is 47.6 Å². The zero-order chi connectivity index (χ0) is 15.7. The first kappa shape index (κ1) is 15.3. The van der Waals surface area contributed by atoms with Crippen molar-refractivity contribution in [3.8, 4) is 0 Å². The Labute approximate surface area is 119 Å². The molecular formula is C13H11F3N2O2S. The van der Waals surface area contributed by atoms with Gasteiger partial charge in [-0.15, -0.1) is 0 Å². The Morgan fingerprint density at radius 3 is 2.48 bits per heavy atom. The number of nitrogens with zero attached hydrogens (tertiary/aromatic N) is 1. The summed E-state index contributed by atoms with van der Waals surface area (Å²) in [5, 5.41) is 0. The third-order valence-electron chi connectivity index (χ3n) is 2.72. The number of hydrogen-bond donors (Lipinski definition) is 1. The zero-order valence-corrected chi connectivity index (χ0v) is 11.7. The van der Waals surface area contributed by atoms with E-state index in [4.69, 9.17) is 0 Å². The quantitative estimate of drug-likeness (QED) is 0.946. The summed E-state index contributed by atoms with van der Waals surface area (Å²) >= 11 is 0. The number of pyridine rings is 1. The number of aryl methyl sites for hydroxylation is 1. The number of rotatable bonds is 3. The molecule has 2 rings (SSSR count). The molecule has 112 valence electrons. The van der Waals surface area contributed by atoms with Crippen LogP contribution < -0.4 is 4.72 Å². The second-order valence-corrected chi connectivity index (χ2v) is 5.98. The monoisotopic (exact) mass is 316 g/mol. The normalized spacial score (nSPS) is 12.2. The fraction of sp³-hybridized carbons (Fsp3) is 0.154. The molecule has 0 fully saturated rings. The molecule has 21 heavy (non-hydrogen) atoms. The molecular weight excluding hydrogens is 305 g/mol. The summed E-state index contributed by atoms with van der Waals surface area (Å²) in [6, 6.07) is 5.55. The van der Waals surface area contributed by atoms with Crippen molar-refractivity contribution < 1.29 is 21.6 Å². The van der Waals surface area contributed by atoms with Crippen molar-refractivity contribution in [1.29, 1.82) is 0 Å². The van der Waals surface area contributed by atoms with E-state index in [0.717, 1.165) is 12.1 Å². The lowest BCUT2D eigenvalue weighted by Crippen LogP contribution is -2.16. The lowest BCUT2D eigenvalue weighted by Gasteiger charge is -2.13. The highest BCUT2D eigenvalue weighted by Gasteiger charge is 2.32. The zero-order valence-electron chi connectivity index (χ0n) is 10.8. The SMILES string of the molecule is Cc1ccc(C(F)(F)F)cc1S(=O)(=O)Nc1cccnc1. The van der Waals surface area contributed by atoms with Crippen molar-refractivity contribution >= 4 is 15.7 Å². The molecule has 2 aromatic rings. The number of alkyl halides is 3. The first-order chi connectivity index (χ1) is 9.70. The average Bonchev–Trinajstić information content (AvgIpc) is 2.38. The number of hydrogen-bond acceptors (Lipinski definition) is 3. The van der Waals surface area contributed by atoms with Crippen molar-refractivity contribution in [2.24, 2.45) is 0 Å². The van der Waals surface area contributed by atoms with Gasteiger partial charge in [0.15, 0.2) is 0 Å². The van der Waals surface area contributed by atoms with Gasteiger partial charge in [0.25, 0.3) is 10.0 Å². The Morgan fingerprint density at radius 1 is 1.19 bits per heavy atom. The van der Waals surface area contributed by atoms with Gasteiger partial charge >= 0.3 is 6.18 Å². The Hall–Kier alpha value is -2.09. The number of sulfonamides is 1. The highest BCUT2D eigenvalue weighted by molar-refractivity contribution is 7.92. The van der Waals surface area contributed by atoms with Gasteiger partial charge in [0, 0.05) is 6.20 Å². The summed E-state index contributed by atoms with van der Waals surface area (Å²) in [5.74, 6) is 0. The third-order valence-corrected chi connectivity index (χ3v) is 4.24. The first-order valence-electron chi connectivity index (χ1n) is 5.81. The van der Waals surface area contributed by atoms with Crippen LogP contribution in [0.4, 0.5) is 18.9 Å². The van der Waals surface area contributed by atoms with Crippen molar-refractivity contribution in [3.63, 3.8) is 0 Å². The molecule has 0 atom stereocenters. The number of anilines is 1. The van der Waals surface area contributed by atoms with Crippen LogP contribution in [0.25, 0.3) is 0 Å². The van der Waals surface area contributed by atoms with Gasteiger partial charge < -0.3 is 0 Å². The van der Waals surface area contributed by atoms with Crippen LogP contribution in [-0.2, 0) is 16.2 Å². The molecule has 0 radical (unpaired) electrons. The Morgan fingerprint density at radius 2 is 1.90 bits per heavy atom. The maximum atomic E-state index is 12.7. The van der Waals surface area contributed by atoms with E-state index in [-0.39, 0.29) is 11.3 Å². The number of benzene rings is 1. The molecule has 0 amide bonds. The van der Waals surface area contributed by atoms with Crippen LogP contribution >= 0.6 is 0 Å². The summed E-state index contributed by atoms with van der Waals surface area (Å²) in [6.45, 7) is 1.43. The van der Waals surface area contributed by atoms with E-state index in [1.165, 1.54) is 31.5 Å². The Balaban J connectivity index is 2.45. The minimum absolute atomic E-state index is 0.175. The second kappa shape index (κ2) is 5.36. The molecule has 1 aromatic carbocycles. The minimum Gasteiger partial charge on any atom is -0.278 e. The summed E-state index contributed by atoms with van der Waals surface area (Å²) in [7, 11) is -4.12. The molecule has 0 saturated carbocycles. The maximum Gasteiger partial charge on any atom is 0.416 e. The molecule has 0 saturated heterocycles. The lowest BCUT2D eigenvalue weighted by molar-refractivity contribution is -0.137. The third kappa shape index (κ3) is 3.52. The molecule has 1 aromatic heterocycles. The largest absolute Gasteiger partial charge is 0.416 e. The van der Waals surface area contributed by atoms with E-state index < -0.39 is 26.7 Å². The Bertz CT molecular complexity index is 744. The van der Waals surface area contributed by atoms with Gasteiger partial charge in [-0.25, -0.2) is 8.42 Å². The molecule has 8 heteroatoms. The summed E-state index contributed by atoms with van der Waals surface area (Å²) in [6.07, 6.45) is -1.89. The van der Waals surface area contributed by atoms with Gasteiger partial charge in [0.05, 0.1) is 22.3 Å². The minimum atomic E-state index is -4.60. The molecule has 0 aliphatic heterocycles. The number of aromatic nitrogens is 1. The Kier molecular flexibility index (Phi) is 3.91. The van der Waals surface area contributed by atoms with Crippen LogP contribution in [-0.4, -0.2) is 13.4 Å². The summed E-state index contributed by atoms with van der Waals surface area (Å²) in [4.78, 5) is 3.32. The van der Waals surface area contributed by atoms with E-state index in [9.17, 15) is 21.6 Å². The molecule has 0 spiro atoms. The summed E-state index contributed by atoms with van der Waals surface area (Å²) in [5.41, 5.74) is -0.617. The molecule has 0 aliphatic carbocycles. The predicted molar refractivity (Wildman–Crippen MR) is 71.2 cm³/mol. The highest BCUT2D eigenvalue weighted by Crippen LogP contribution is 2.32. The molecule has 1 heterocycles. The highest BCUT2D eigenvalue weighted by atomic mass is 32.2. The fourth-order valence-electron chi connectivity index (χ4n) is 1.70. The standard InChI is InChI=1S/C13H11F3N2O2S/c1-9-4-5-10(13(14,15)16)7-12(9)21(19,20)18-11-3-2-6-17-8-11/h2-8,18H,1H3. The van der Waals surface area contributed by atoms with Gasteiger partial charge in [0.2, 0.25) is 0 Å². The molecule has 4 nitrogen and oxygen atoms in total. The topological polar surface area (TPSA) is 59.1 Å². The van der Waals surface area contributed by atoms with Gasteiger partial charge in [-0.2, -0.15) is 13.2 Å². The fourth-order valence-corrected chi connectivity index (χ4v) is 3.01. The van der Waals surface area contributed by atoms with E-state index in [1.54, 1.807) is 0 Å². The van der Waals surface area contributed by atoms with Crippen LogP contribution in [0, 0.1) is 6.92 Å². The van der Waals surface area contributed by atoms with Gasteiger partial charge in [-0.05, 0) is 36.8 Å². The maximum absolute atomic E-state index is 12.7. The molecule has 1 N–H and O–H groups in total. The smallest absolute Gasteiger partial charge is 0.278 e. The van der Waals surface area contributed by atoms with E-state index in [0.29, 0.717) is 6.07 Å². The average molecular weight is 316 g/mol. The van der Waals surface area contributed by atoms with Crippen molar-refractivity contribution in [1.82, 2.24) is 4.98 Å².